The lowest BCUT2D eigenvalue weighted by Crippen LogP contribution is -2.14. The average Bonchev–Trinajstić information content (AvgIpc) is 2.77. The van der Waals surface area contributed by atoms with Crippen LogP contribution in [0.1, 0.15) is 5.56 Å². The lowest BCUT2D eigenvalue weighted by atomic mass is 10.2. The van der Waals surface area contributed by atoms with E-state index in [1.54, 1.807) is 0 Å². The van der Waals surface area contributed by atoms with Crippen molar-refractivity contribution in [1.29, 1.82) is 0 Å². The van der Waals surface area contributed by atoms with Gasteiger partial charge in [-0.3, -0.25) is 4.72 Å². The van der Waals surface area contributed by atoms with Crippen LogP contribution in [0.4, 0.5) is 5.69 Å². The molecular weight excluding hydrogens is 386 g/mol. The molecular formula is C10H9Br2N3O2S. The van der Waals surface area contributed by atoms with Crippen molar-refractivity contribution in [2.24, 2.45) is 0 Å². The molecule has 8 heteroatoms. The zero-order valence-corrected chi connectivity index (χ0v) is 13.2. The van der Waals surface area contributed by atoms with Crippen molar-refractivity contribution in [3.63, 3.8) is 0 Å². The molecule has 1 aromatic carbocycles. The molecule has 0 spiro atoms. The van der Waals surface area contributed by atoms with E-state index >= 15 is 0 Å². The van der Waals surface area contributed by atoms with Crippen molar-refractivity contribution in [1.82, 2.24) is 9.97 Å². The summed E-state index contributed by atoms with van der Waals surface area (Å²) in [6.45, 7) is 1.92. The molecule has 2 N–H and O–H groups in total. The fourth-order valence-corrected chi connectivity index (χ4v) is 4.26. The number of nitrogens with one attached hydrogen (secondary N) is 2. The Kier molecular flexibility index (Phi) is 3.79. The summed E-state index contributed by atoms with van der Waals surface area (Å²) in [7, 11) is -3.66. The minimum absolute atomic E-state index is 0.0156. The van der Waals surface area contributed by atoms with Gasteiger partial charge in [-0.05, 0) is 56.5 Å². The molecule has 0 fully saturated rings. The predicted octanol–water partition coefficient (Wildman–Crippen LogP) is 3.04. The number of aryl methyl sites for hydroxylation is 1. The molecule has 1 heterocycles. The fraction of sp³-hybridized carbons (Fsp3) is 0.100. The van der Waals surface area contributed by atoms with Gasteiger partial charge in [-0.1, -0.05) is 0 Å². The monoisotopic (exact) mass is 393 g/mol. The molecule has 0 bridgehead atoms. The Morgan fingerprint density at radius 2 is 1.89 bits per heavy atom. The standard InChI is InChI=1S/C10H9Br2N3O2S/c1-6-2-7(11)10(8(12)3-6)15-18(16,17)9-4-13-5-14-9/h2-5,15H,1H3,(H,13,14). The Morgan fingerprint density at radius 1 is 1.28 bits per heavy atom. The summed E-state index contributed by atoms with van der Waals surface area (Å²) in [6, 6.07) is 3.66. The van der Waals surface area contributed by atoms with Gasteiger partial charge in [0.25, 0.3) is 10.0 Å². The summed E-state index contributed by atoms with van der Waals surface area (Å²) < 4.78 is 27.9. The van der Waals surface area contributed by atoms with Gasteiger partial charge < -0.3 is 4.98 Å². The third kappa shape index (κ3) is 2.76. The summed E-state index contributed by atoms with van der Waals surface area (Å²) in [5.74, 6) is 0. The molecule has 18 heavy (non-hydrogen) atoms. The van der Waals surface area contributed by atoms with Crippen molar-refractivity contribution in [2.75, 3.05) is 4.72 Å². The first-order chi connectivity index (χ1) is 8.40. The van der Waals surface area contributed by atoms with Crippen LogP contribution in [0.25, 0.3) is 0 Å². The lowest BCUT2D eigenvalue weighted by molar-refractivity contribution is 0.598. The van der Waals surface area contributed by atoms with Crippen LogP contribution in [0.2, 0.25) is 0 Å². The van der Waals surface area contributed by atoms with Gasteiger partial charge in [-0.15, -0.1) is 0 Å². The van der Waals surface area contributed by atoms with Crippen LogP contribution >= 0.6 is 31.9 Å². The van der Waals surface area contributed by atoms with Crippen molar-refractivity contribution in [2.45, 2.75) is 11.9 Å². The second-order valence-electron chi connectivity index (χ2n) is 3.62. The molecule has 0 unspecified atom stereocenters. The van der Waals surface area contributed by atoms with Gasteiger partial charge in [0.05, 0.1) is 18.2 Å². The first-order valence-electron chi connectivity index (χ1n) is 4.87. The summed E-state index contributed by atoms with van der Waals surface area (Å²) in [6.07, 6.45) is 2.56. The number of imidazole rings is 1. The summed E-state index contributed by atoms with van der Waals surface area (Å²) in [5.41, 5.74) is 1.47. The highest BCUT2D eigenvalue weighted by atomic mass is 79.9. The topological polar surface area (TPSA) is 74.8 Å². The van der Waals surface area contributed by atoms with Gasteiger partial charge in [0.15, 0.2) is 5.03 Å². The van der Waals surface area contributed by atoms with Gasteiger partial charge in [0, 0.05) is 8.95 Å². The number of rotatable bonds is 3. The maximum Gasteiger partial charge on any atom is 0.279 e. The molecule has 5 nitrogen and oxygen atoms in total. The first kappa shape index (κ1) is 13.6. The van der Waals surface area contributed by atoms with Crippen molar-refractivity contribution in [3.8, 4) is 0 Å². The third-order valence-corrected chi connectivity index (χ3v) is 4.71. The van der Waals surface area contributed by atoms with E-state index in [1.165, 1.54) is 12.5 Å². The lowest BCUT2D eigenvalue weighted by Gasteiger charge is -2.11. The largest absolute Gasteiger partial charge is 0.334 e. The van der Waals surface area contributed by atoms with E-state index in [0.717, 1.165) is 5.56 Å². The van der Waals surface area contributed by atoms with Crippen molar-refractivity contribution >= 4 is 47.6 Å². The third-order valence-electron chi connectivity index (χ3n) is 2.19. The molecule has 96 valence electrons. The van der Waals surface area contributed by atoms with Gasteiger partial charge >= 0.3 is 0 Å². The normalized spacial score (nSPS) is 11.5. The molecule has 0 atom stereocenters. The molecule has 0 radical (unpaired) electrons. The molecule has 2 aromatic rings. The molecule has 0 aliphatic heterocycles. The maximum absolute atomic E-state index is 12.0. The number of anilines is 1. The second kappa shape index (κ2) is 5.02. The van der Waals surface area contributed by atoms with E-state index in [4.69, 9.17) is 0 Å². The summed E-state index contributed by atoms with van der Waals surface area (Å²) in [5, 5.41) is 0.0156. The summed E-state index contributed by atoms with van der Waals surface area (Å²) in [4.78, 5) is 6.25. The zero-order valence-electron chi connectivity index (χ0n) is 9.24. The van der Waals surface area contributed by atoms with Crippen molar-refractivity contribution < 1.29 is 8.42 Å². The number of hydrogen-bond acceptors (Lipinski definition) is 3. The number of hydrogen-bond donors (Lipinski definition) is 2. The zero-order chi connectivity index (χ0) is 13.3. The average molecular weight is 395 g/mol. The van der Waals surface area contributed by atoms with Gasteiger partial charge in [0.1, 0.15) is 0 Å². The van der Waals surface area contributed by atoms with E-state index < -0.39 is 10.0 Å². The van der Waals surface area contributed by atoms with Gasteiger partial charge in [0.2, 0.25) is 0 Å². The number of H-pyrrole nitrogens is 1. The van der Waals surface area contributed by atoms with Crippen LogP contribution in [-0.4, -0.2) is 18.4 Å². The molecule has 0 aliphatic rings. The fourth-order valence-electron chi connectivity index (χ4n) is 1.38. The minimum atomic E-state index is -3.66. The van der Waals surface area contributed by atoms with Crippen LogP contribution in [0.5, 0.6) is 0 Å². The highest BCUT2D eigenvalue weighted by molar-refractivity contribution is 9.11. The number of nitrogens with zero attached hydrogens (tertiary/aromatic N) is 1. The maximum atomic E-state index is 12.0. The van der Waals surface area contributed by atoms with Crippen LogP contribution in [0, 0.1) is 6.92 Å². The number of aromatic amines is 1. The van der Waals surface area contributed by atoms with E-state index in [2.05, 4.69) is 46.5 Å². The van der Waals surface area contributed by atoms with Crippen LogP contribution < -0.4 is 4.72 Å². The van der Waals surface area contributed by atoms with E-state index in [1.807, 2.05) is 19.1 Å². The van der Waals surface area contributed by atoms with E-state index in [0.29, 0.717) is 14.6 Å². The number of benzene rings is 1. The highest BCUT2D eigenvalue weighted by Gasteiger charge is 2.18. The van der Waals surface area contributed by atoms with E-state index in [-0.39, 0.29) is 5.03 Å². The van der Waals surface area contributed by atoms with Crippen molar-refractivity contribution in [3.05, 3.63) is 39.2 Å². The quantitative estimate of drug-likeness (QED) is 0.839. The number of aromatic nitrogens is 2. The van der Waals surface area contributed by atoms with E-state index in [9.17, 15) is 8.42 Å². The molecule has 1 aromatic heterocycles. The molecule has 0 amide bonds. The smallest absolute Gasteiger partial charge is 0.279 e. The van der Waals surface area contributed by atoms with Gasteiger partial charge in [-0.25, -0.2) is 4.98 Å². The first-order valence-corrected chi connectivity index (χ1v) is 7.94. The highest BCUT2D eigenvalue weighted by Crippen LogP contribution is 2.33. The molecule has 0 aliphatic carbocycles. The number of sulfonamides is 1. The van der Waals surface area contributed by atoms with Crippen LogP contribution in [-0.2, 0) is 10.0 Å². The Hall–Kier alpha value is -0.860. The predicted molar refractivity (Wildman–Crippen MR) is 76.0 cm³/mol. The molecule has 2 rings (SSSR count). The summed E-state index contributed by atoms with van der Waals surface area (Å²) >= 11 is 6.66. The van der Waals surface area contributed by atoms with Gasteiger partial charge in [-0.2, -0.15) is 8.42 Å². The molecule has 0 saturated heterocycles. The number of halogens is 2. The Morgan fingerprint density at radius 3 is 2.39 bits per heavy atom. The minimum Gasteiger partial charge on any atom is -0.334 e. The SMILES string of the molecule is Cc1cc(Br)c(NS(=O)(=O)c2cnc[nH]2)c(Br)c1. The Balaban J connectivity index is 2.42. The van der Waals surface area contributed by atoms with Crippen LogP contribution in [0.3, 0.4) is 0 Å². The molecule has 0 saturated carbocycles. The second-order valence-corrected chi connectivity index (χ2v) is 6.98. The Bertz CT molecular complexity index is 645. The van der Waals surface area contributed by atoms with Crippen LogP contribution in [0.15, 0.2) is 38.6 Å². The Labute approximate surface area is 121 Å².